The van der Waals surface area contributed by atoms with Crippen molar-refractivity contribution in [3.05, 3.63) is 35.6 Å². The van der Waals surface area contributed by atoms with Crippen LogP contribution in [0.1, 0.15) is 39.2 Å². The van der Waals surface area contributed by atoms with Crippen LogP contribution in [0.15, 0.2) is 24.3 Å². The first kappa shape index (κ1) is 16.4. The molecule has 118 valence electrons. The van der Waals surface area contributed by atoms with E-state index >= 15 is 0 Å². The molecule has 1 N–H and O–H groups in total. The molecular formula is C18H29FN2. The van der Waals surface area contributed by atoms with Crippen LogP contribution in [0.2, 0.25) is 0 Å². The van der Waals surface area contributed by atoms with E-state index in [1.54, 1.807) is 12.1 Å². The van der Waals surface area contributed by atoms with Crippen LogP contribution >= 0.6 is 0 Å². The molecule has 0 spiro atoms. The van der Waals surface area contributed by atoms with Crippen molar-refractivity contribution in [2.45, 2.75) is 52.1 Å². The fourth-order valence-electron chi connectivity index (χ4n) is 3.15. The summed E-state index contributed by atoms with van der Waals surface area (Å²) in [5.74, 6) is 0.570. The van der Waals surface area contributed by atoms with Gasteiger partial charge < -0.3 is 5.32 Å². The third kappa shape index (κ3) is 4.52. The summed E-state index contributed by atoms with van der Waals surface area (Å²) < 4.78 is 13.0. The molecule has 21 heavy (non-hydrogen) atoms. The zero-order chi connectivity index (χ0) is 15.2. The minimum Gasteiger partial charge on any atom is -0.311 e. The van der Waals surface area contributed by atoms with Crippen LogP contribution in [-0.4, -0.2) is 36.6 Å². The molecule has 3 atom stereocenters. The maximum Gasteiger partial charge on any atom is 0.123 e. The van der Waals surface area contributed by atoms with Gasteiger partial charge in [0.05, 0.1) is 0 Å². The van der Waals surface area contributed by atoms with Crippen LogP contribution < -0.4 is 5.32 Å². The number of piperazine rings is 1. The van der Waals surface area contributed by atoms with E-state index in [1.807, 2.05) is 12.1 Å². The lowest BCUT2D eigenvalue weighted by atomic mass is 9.94. The molecule has 1 aliphatic rings. The van der Waals surface area contributed by atoms with Gasteiger partial charge in [0.2, 0.25) is 0 Å². The molecule has 1 aromatic carbocycles. The van der Waals surface area contributed by atoms with E-state index in [1.165, 1.54) is 18.4 Å². The summed E-state index contributed by atoms with van der Waals surface area (Å²) in [6.07, 6.45) is 3.41. The van der Waals surface area contributed by atoms with Crippen LogP contribution in [0.4, 0.5) is 4.39 Å². The molecule has 1 heterocycles. The van der Waals surface area contributed by atoms with Gasteiger partial charge in [0.1, 0.15) is 5.82 Å². The predicted molar refractivity (Wildman–Crippen MR) is 87.0 cm³/mol. The molecule has 1 fully saturated rings. The zero-order valence-corrected chi connectivity index (χ0v) is 13.6. The summed E-state index contributed by atoms with van der Waals surface area (Å²) in [4.78, 5) is 2.62. The van der Waals surface area contributed by atoms with Gasteiger partial charge in [-0.1, -0.05) is 39.3 Å². The largest absolute Gasteiger partial charge is 0.311 e. The predicted octanol–water partition coefficient (Wildman–Crippen LogP) is 3.47. The lowest BCUT2D eigenvalue weighted by Gasteiger charge is -2.42. The van der Waals surface area contributed by atoms with Gasteiger partial charge in [0, 0.05) is 31.7 Å². The molecule has 0 aromatic heterocycles. The van der Waals surface area contributed by atoms with Crippen molar-refractivity contribution in [3.8, 4) is 0 Å². The lowest BCUT2D eigenvalue weighted by Crippen LogP contribution is -2.58. The molecular weight excluding hydrogens is 263 g/mol. The Kier molecular flexibility index (Phi) is 6.19. The normalized spacial score (nSPS) is 25.0. The highest BCUT2D eigenvalue weighted by Crippen LogP contribution is 2.18. The zero-order valence-electron chi connectivity index (χ0n) is 13.6. The van der Waals surface area contributed by atoms with Gasteiger partial charge in [0.15, 0.2) is 0 Å². The highest BCUT2D eigenvalue weighted by Gasteiger charge is 2.28. The van der Waals surface area contributed by atoms with Gasteiger partial charge in [-0.3, -0.25) is 4.90 Å². The van der Waals surface area contributed by atoms with Crippen molar-refractivity contribution in [2.75, 3.05) is 19.6 Å². The number of halogens is 1. The van der Waals surface area contributed by atoms with Crippen LogP contribution in [0.5, 0.6) is 0 Å². The van der Waals surface area contributed by atoms with Crippen LogP contribution in [0.25, 0.3) is 0 Å². The highest BCUT2D eigenvalue weighted by atomic mass is 19.1. The van der Waals surface area contributed by atoms with Gasteiger partial charge in [-0.05, 0) is 36.5 Å². The summed E-state index contributed by atoms with van der Waals surface area (Å²) in [5, 5.41) is 3.72. The maximum absolute atomic E-state index is 13.0. The number of rotatable bonds is 6. The Balaban J connectivity index is 1.92. The molecule has 3 unspecified atom stereocenters. The van der Waals surface area contributed by atoms with Crippen molar-refractivity contribution in [3.63, 3.8) is 0 Å². The summed E-state index contributed by atoms with van der Waals surface area (Å²) in [7, 11) is 0. The summed E-state index contributed by atoms with van der Waals surface area (Å²) in [5.41, 5.74) is 1.23. The van der Waals surface area contributed by atoms with Crippen LogP contribution in [0, 0.1) is 11.7 Å². The first-order valence-corrected chi connectivity index (χ1v) is 8.35. The lowest BCUT2D eigenvalue weighted by molar-refractivity contribution is 0.107. The average molecular weight is 292 g/mol. The topological polar surface area (TPSA) is 15.3 Å². The second-order valence-corrected chi connectivity index (χ2v) is 6.33. The summed E-state index contributed by atoms with van der Waals surface area (Å²) in [6.45, 7) is 10.2. The molecule has 2 nitrogen and oxygen atoms in total. The molecule has 0 bridgehead atoms. The quantitative estimate of drug-likeness (QED) is 0.863. The first-order valence-electron chi connectivity index (χ1n) is 8.35. The molecule has 3 heteroatoms. The van der Waals surface area contributed by atoms with Crippen molar-refractivity contribution < 1.29 is 4.39 Å². The van der Waals surface area contributed by atoms with Gasteiger partial charge >= 0.3 is 0 Å². The fraction of sp³-hybridized carbons (Fsp3) is 0.667. The smallest absolute Gasteiger partial charge is 0.123 e. The molecule has 0 aliphatic carbocycles. The monoisotopic (exact) mass is 292 g/mol. The minimum atomic E-state index is -0.149. The number of hydrogen-bond acceptors (Lipinski definition) is 2. The van der Waals surface area contributed by atoms with E-state index in [-0.39, 0.29) is 5.82 Å². The van der Waals surface area contributed by atoms with E-state index in [4.69, 9.17) is 0 Å². The Morgan fingerprint density at radius 2 is 2.00 bits per heavy atom. The van der Waals surface area contributed by atoms with Crippen LogP contribution in [-0.2, 0) is 6.42 Å². The fourth-order valence-corrected chi connectivity index (χ4v) is 3.15. The third-order valence-electron chi connectivity index (χ3n) is 4.97. The molecule has 0 radical (unpaired) electrons. The number of nitrogens with one attached hydrogen (secondary N) is 1. The Morgan fingerprint density at radius 3 is 2.62 bits per heavy atom. The molecule has 1 saturated heterocycles. The Labute approximate surface area is 128 Å². The highest BCUT2D eigenvalue weighted by molar-refractivity contribution is 5.16. The van der Waals surface area contributed by atoms with E-state index < -0.39 is 0 Å². The molecule has 1 aromatic rings. The number of nitrogens with zero attached hydrogens (tertiary/aromatic N) is 1. The van der Waals surface area contributed by atoms with E-state index in [2.05, 4.69) is 31.0 Å². The SMILES string of the molecule is CCC(C)C1CN(CCc2ccc(F)cc2)C(CC)CN1. The number of benzene rings is 1. The van der Waals surface area contributed by atoms with E-state index in [0.29, 0.717) is 12.1 Å². The van der Waals surface area contributed by atoms with Crippen molar-refractivity contribution in [1.82, 2.24) is 10.2 Å². The van der Waals surface area contributed by atoms with Gasteiger partial charge in [-0.2, -0.15) is 0 Å². The average Bonchev–Trinajstić information content (AvgIpc) is 2.53. The molecule has 1 aliphatic heterocycles. The van der Waals surface area contributed by atoms with E-state index in [9.17, 15) is 4.39 Å². The second-order valence-electron chi connectivity index (χ2n) is 6.33. The Bertz CT molecular complexity index is 418. The van der Waals surface area contributed by atoms with E-state index in [0.717, 1.165) is 32.0 Å². The van der Waals surface area contributed by atoms with Gasteiger partial charge in [-0.15, -0.1) is 0 Å². The maximum atomic E-state index is 13.0. The third-order valence-corrected chi connectivity index (χ3v) is 4.97. The Morgan fingerprint density at radius 1 is 1.29 bits per heavy atom. The van der Waals surface area contributed by atoms with Gasteiger partial charge in [-0.25, -0.2) is 4.39 Å². The minimum absolute atomic E-state index is 0.149. The van der Waals surface area contributed by atoms with Crippen LogP contribution in [0.3, 0.4) is 0 Å². The second kappa shape index (κ2) is 7.90. The summed E-state index contributed by atoms with van der Waals surface area (Å²) >= 11 is 0. The van der Waals surface area contributed by atoms with Crippen molar-refractivity contribution in [2.24, 2.45) is 5.92 Å². The van der Waals surface area contributed by atoms with Crippen molar-refractivity contribution in [1.29, 1.82) is 0 Å². The van der Waals surface area contributed by atoms with Crippen molar-refractivity contribution >= 4 is 0 Å². The van der Waals surface area contributed by atoms with Gasteiger partial charge in [0.25, 0.3) is 0 Å². The molecule has 2 rings (SSSR count). The summed E-state index contributed by atoms with van der Waals surface area (Å²) in [6, 6.07) is 8.17. The molecule has 0 saturated carbocycles. The first-order chi connectivity index (χ1) is 10.1. The standard InChI is InChI=1S/C18H29FN2/c1-4-14(3)18-13-21(17(5-2)12-20-18)11-10-15-6-8-16(19)9-7-15/h6-9,14,17-18,20H,4-5,10-13H2,1-3H3. The molecule has 0 amide bonds. The number of hydrogen-bond donors (Lipinski definition) is 1. The Hall–Kier alpha value is -0.930.